The molecule has 3 unspecified atom stereocenters. The first-order chi connectivity index (χ1) is 23.5. The number of benzene rings is 1. The molecular weight excluding hydrogens is 628 g/mol. The van der Waals surface area contributed by atoms with Gasteiger partial charge in [0.05, 0.1) is 11.7 Å². The second-order valence-electron chi connectivity index (χ2n) is 17.4. The molecule has 11 rings (SSSR count). The molecule has 0 aromatic heterocycles. The van der Waals surface area contributed by atoms with E-state index in [9.17, 15) is 4.79 Å². The Morgan fingerprint density at radius 2 is 1.27 bits per heavy atom. The Kier molecular flexibility index (Phi) is 7.92. The van der Waals surface area contributed by atoms with Crippen LogP contribution in [0.3, 0.4) is 0 Å². The Bertz CT molecular complexity index is 1430. The fourth-order valence-corrected chi connectivity index (χ4v) is 11.9. The van der Waals surface area contributed by atoms with E-state index >= 15 is 0 Å². The van der Waals surface area contributed by atoms with Crippen LogP contribution >= 0.6 is 0 Å². The van der Waals surface area contributed by atoms with Crippen molar-refractivity contribution in [3.05, 3.63) is 35.9 Å². The van der Waals surface area contributed by atoms with Gasteiger partial charge in [-0.1, -0.05) is 45.9 Å². The fraction of sp³-hybridized carbons (Fsp3) is 0.821. The van der Waals surface area contributed by atoms with Gasteiger partial charge >= 0.3 is 5.97 Å². The molecule has 8 saturated heterocycles. The van der Waals surface area contributed by atoms with Crippen molar-refractivity contribution < 1.29 is 48.0 Å². The molecule has 0 radical (unpaired) electrons. The maximum atomic E-state index is 13.9. The average molecular weight is 683 g/mol. The Hall–Kier alpha value is -1.63. The van der Waals surface area contributed by atoms with Crippen molar-refractivity contribution in [1.29, 1.82) is 0 Å². The number of fused-ring (bicyclic) bond motifs is 4. The van der Waals surface area contributed by atoms with Crippen LogP contribution in [0.25, 0.3) is 0 Å². The van der Waals surface area contributed by atoms with Crippen LogP contribution in [0.2, 0.25) is 0 Å². The molecule has 8 aliphatic heterocycles. The van der Waals surface area contributed by atoms with Gasteiger partial charge in [0.15, 0.2) is 23.8 Å². The third-order valence-corrected chi connectivity index (χ3v) is 14.6. The summed E-state index contributed by atoms with van der Waals surface area (Å²) in [5.41, 5.74) is -0.849. The normalized spacial score (nSPS) is 53.4. The van der Waals surface area contributed by atoms with Gasteiger partial charge in [0.2, 0.25) is 11.6 Å². The molecule has 10 nitrogen and oxygen atoms in total. The van der Waals surface area contributed by atoms with Crippen LogP contribution in [0.1, 0.15) is 110 Å². The molecule has 17 atom stereocenters. The zero-order valence-electron chi connectivity index (χ0n) is 29.8. The van der Waals surface area contributed by atoms with Gasteiger partial charge in [0.25, 0.3) is 0 Å². The highest BCUT2D eigenvalue weighted by atomic mass is 17.3. The van der Waals surface area contributed by atoms with Crippen LogP contribution < -0.4 is 0 Å². The van der Waals surface area contributed by atoms with E-state index in [2.05, 4.69) is 27.7 Å². The molecule has 2 aliphatic carbocycles. The van der Waals surface area contributed by atoms with Crippen LogP contribution in [-0.2, 0) is 43.2 Å². The highest BCUT2D eigenvalue weighted by molar-refractivity contribution is 5.89. The smallest absolute Gasteiger partial charge is 0.338 e. The quantitative estimate of drug-likeness (QED) is 0.236. The number of hydrogen-bond acceptors (Lipinski definition) is 10. The lowest BCUT2D eigenvalue weighted by atomic mass is 9.56. The van der Waals surface area contributed by atoms with Crippen molar-refractivity contribution in [2.24, 2.45) is 47.3 Å². The third kappa shape index (κ3) is 4.91. The summed E-state index contributed by atoms with van der Waals surface area (Å²) in [6.45, 7) is 13.0. The second kappa shape index (κ2) is 11.7. The van der Waals surface area contributed by atoms with E-state index < -0.39 is 47.6 Å². The summed E-state index contributed by atoms with van der Waals surface area (Å²) in [7, 11) is 0. The number of rotatable bonds is 5. The van der Waals surface area contributed by atoms with Gasteiger partial charge in [-0.15, -0.1) is 0 Å². The molecular formula is C39H54O10. The van der Waals surface area contributed by atoms with E-state index in [1.807, 2.05) is 32.0 Å². The van der Waals surface area contributed by atoms with Crippen LogP contribution in [0, 0.1) is 47.3 Å². The lowest BCUT2D eigenvalue weighted by Gasteiger charge is -2.62. The molecule has 270 valence electrons. The van der Waals surface area contributed by atoms with Crippen molar-refractivity contribution in [3.63, 3.8) is 0 Å². The third-order valence-electron chi connectivity index (χ3n) is 14.6. The summed E-state index contributed by atoms with van der Waals surface area (Å²) in [6.07, 6.45) is 5.57. The van der Waals surface area contributed by atoms with Crippen LogP contribution in [0.5, 0.6) is 0 Å². The molecule has 0 N–H and O–H groups in total. The minimum Gasteiger partial charge on any atom is -0.456 e. The van der Waals surface area contributed by atoms with Gasteiger partial charge in [-0.25, -0.2) is 24.3 Å². The van der Waals surface area contributed by atoms with Gasteiger partial charge in [0.1, 0.15) is 12.2 Å². The predicted octanol–water partition coefficient (Wildman–Crippen LogP) is 7.10. The Balaban J connectivity index is 1.06. The van der Waals surface area contributed by atoms with Crippen LogP contribution in [0.15, 0.2) is 30.3 Å². The minimum atomic E-state index is -0.892. The van der Waals surface area contributed by atoms with Gasteiger partial charge in [-0.3, -0.25) is 0 Å². The summed E-state index contributed by atoms with van der Waals surface area (Å²) < 4.78 is 34.1. The van der Waals surface area contributed by atoms with Crippen molar-refractivity contribution in [2.45, 2.75) is 153 Å². The first-order valence-corrected chi connectivity index (χ1v) is 19.1. The number of esters is 1. The zero-order valence-corrected chi connectivity index (χ0v) is 29.8. The van der Waals surface area contributed by atoms with Gasteiger partial charge < -0.3 is 23.7 Å². The van der Waals surface area contributed by atoms with Gasteiger partial charge in [-0.05, 0) is 100 Å². The predicted molar refractivity (Wildman–Crippen MR) is 174 cm³/mol. The molecule has 8 heterocycles. The van der Waals surface area contributed by atoms with Crippen molar-refractivity contribution in [2.75, 3.05) is 0 Å². The van der Waals surface area contributed by atoms with Gasteiger partial charge in [0, 0.05) is 31.1 Å². The number of carbonyl (C=O) groups excluding carboxylic acids is 1. The van der Waals surface area contributed by atoms with Crippen molar-refractivity contribution in [1.82, 2.24) is 0 Å². The molecule has 10 heteroatoms. The first-order valence-electron chi connectivity index (χ1n) is 19.1. The van der Waals surface area contributed by atoms with E-state index in [4.69, 9.17) is 43.2 Å². The Morgan fingerprint density at radius 3 is 1.86 bits per heavy atom. The lowest BCUT2D eigenvalue weighted by Crippen LogP contribution is -2.72. The van der Waals surface area contributed by atoms with E-state index in [1.165, 1.54) is 0 Å². The maximum absolute atomic E-state index is 13.9. The first kappa shape index (κ1) is 33.2. The van der Waals surface area contributed by atoms with E-state index in [0.717, 1.165) is 51.4 Å². The molecule has 1 aromatic carbocycles. The lowest BCUT2D eigenvalue weighted by molar-refractivity contribution is -0.573. The maximum Gasteiger partial charge on any atom is 0.338 e. The standard InChI is InChI=1S/C39H54O10/c1-21-12-14-28-23(3)30(42-34-38(28)26(21)16-18-36(5,44-34)46-48-38)20-31(41-33(40)25-10-8-7-9-11-25)32-24(4)29-15-13-22(2)27-17-19-37(6)45-35(43-32)39(27,29)49-47-37/h7-11,21-24,26-32,34-35H,12-20H2,1-6H3/t21-,22-,23-,24-,26+,27+,28+,29+,30-,31+,32?,34-,35-,36?,37?,38-,39-/m1/s1. The van der Waals surface area contributed by atoms with Crippen LogP contribution in [0.4, 0.5) is 0 Å². The Labute approximate surface area is 289 Å². The molecule has 0 amide bonds. The molecule has 1 aromatic rings. The fourth-order valence-electron chi connectivity index (χ4n) is 11.9. The molecule has 10 fully saturated rings. The monoisotopic (exact) mass is 682 g/mol. The SMILES string of the molecule is C[C@H]1[C@@H](C[C@H](OC(=O)c2ccccc2)C2O[C@@H]3OC4(C)CC[C@H]5[C@H](C)CC[C@@H]([C@H]2C)[C@@]35OO4)O[C@@H]2OC3(C)CC[C@H]4[C@H](C)CC[C@@H]1[C@@]24OO3. The summed E-state index contributed by atoms with van der Waals surface area (Å²) in [5, 5.41) is 0. The number of hydrogen-bond donors (Lipinski definition) is 0. The number of carbonyl (C=O) groups is 1. The van der Waals surface area contributed by atoms with Crippen LogP contribution in [-0.4, -0.2) is 59.6 Å². The van der Waals surface area contributed by atoms with E-state index in [-0.39, 0.29) is 47.6 Å². The molecule has 2 saturated carbocycles. The molecule has 4 bridgehead atoms. The second-order valence-corrected chi connectivity index (χ2v) is 17.4. The van der Waals surface area contributed by atoms with Crippen molar-refractivity contribution >= 4 is 5.97 Å². The van der Waals surface area contributed by atoms with E-state index in [0.29, 0.717) is 23.8 Å². The zero-order chi connectivity index (χ0) is 33.9. The summed E-state index contributed by atoms with van der Waals surface area (Å²) in [4.78, 5) is 38.9. The van der Waals surface area contributed by atoms with Crippen molar-refractivity contribution in [3.8, 4) is 0 Å². The Morgan fingerprint density at radius 1 is 0.714 bits per heavy atom. The molecule has 2 spiro atoms. The molecule has 10 aliphatic rings. The van der Waals surface area contributed by atoms with Gasteiger partial charge in [-0.2, -0.15) is 0 Å². The topological polar surface area (TPSA) is 100 Å². The summed E-state index contributed by atoms with van der Waals surface area (Å²) in [5.74, 6) is -0.272. The molecule has 49 heavy (non-hydrogen) atoms. The largest absolute Gasteiger partial charge is 0.456 e. The summed E-state index contributed by atoms with van der Waals surface area (Å²) in [6, 6.07) is 9.22. The van der Waals surface area contributed by atoms with E-state index in [1.54, 1.807) is 12.1 Å². The highest BCUT2D eigenvalue weighted by Gasteiger charge is 2.72. The summed E-state index contributed by atoms with van der Waals surface area (Å²) >= 11 is 0. The highest BCUT2D eigenvalue weighted by Crippen LogP contribution is 2.63. The number of ether oxygens (including phenoxy) is 5. The minimum absolute atomic E-state index is 0.000386. The average Bonchev–Trinajstić information content (AvgIpc) is 3.46.